The summed E-state index contributed by atoms with van der Waals surface area (Å²) in [4.78, 5) is 27.0. The van der Waals surface area contributed by atoms with Gasteiger partial charge in [-0.2, -0.15) is 12.6 Å². The predicted molar refractivity (Wildman–Crippen MR) is 68.0 cm³/mol. The number of carbonyl (C=O) groups excluding carboxylic acids is 2. The molecule has 7 nitrogen and oxygen atoms in total. The first-order valence-corrected chi connectivity index (χ1v) is 5.49. The molecule has 0 aliphatic carbocycles. The molecule has 1 atom stereocenters. The van der Waals surface area contributed by atoms with E-state index < -0.39 is 11.9 Å². The molecule has 0 saturated carbocycles. The van der Waals surface area contributed by atoms with Gasteiger partial charge in [0.05, 0.1) is 0 Å². The maximum absolute atomic E-state index is 11.6. The number of hydrogen-bond donors (Lipinski definition) is 3. The number of rotatable bonds is 6. The highest BCUT2D eigenvalue weighted by molar-refractivity contribution is 7.80. The highest BCUT2D eigenvalue weighted by Gasteiger charge is 2.18. The van der Waals surface area contributed by atoms with Gasteiger partial charge in [0.25, 0.3) is 5.91 Å². The lowest BCUT2D eigenvalue weighted by Gasteiger charge is -2.14. The van der Waals surface area contributed by atoms with Crippen molar-refractivity contribution in [2.24, 2.45) is 10.3 Å². The van der Waals surface area contributed by atoms with Gasteiger partial charge in [0.1, 0.15) is 6.04 Å². The summed E-state index contributed by atoms with van der Waals surface area (Å²) in [5.41, 5.74) is 2.25. The zero-order chi connectivity index (χ0) is 13.3. The molecule has 0 aliphatic rings. The van der Waals surface area contributed by atoms with E-state index in [4.69, 9.17) is 0 Å². The Bertz CT molecular complexity index is 319. The molecule has 0 aromatic rings. The van der Waals surface area contributed by atoms with Gasteiger partial charge in [0.2, 0.25) is 11.8 Å². The van der Waals surface area contributed by atoms with Crippen LogP contribution in [0.2, 0.25) is 0 Å². The Morgan fingerprint density at radius 3 is 2.59 bits per heavy atom. The zero-order valence-electron chi connectivity index (χ0n) is 9.77. The first-order valence-electron chi connectivity index (χ1n) is 4.86. The predicted octanol–water partition coefficient (Wildman–Crippen LogP) is -0.107. The van der Waals surface area contributed by atoms with Crippen molar-refractivity contribution in [2.45, 2.75) is 26.3 Å². The molecular formula is C9H16N4O3S. The van der Waals surface area contributed by atoms with Gasteiger partial charge in [-0.1, -0.05) is 5.16 Å². The average molecular weight is 260 g/mol. The number of nitrogens with one attached hydrogen (secondary N) is 2. The van der Waals surface area contributed by atoms with Crippen LogP contribution in [0.3, 0.4) is 0 Å². The normalized spacial score (nSPS) is 12.5. The van der Waals surface area contributed by atoms with E-state index in [9.17, 15) is 9.59 Å². The molecule has 96 valence electrons. The Kier molecular flexibility index (Phi) is 7.78. The van der Waals surface area contributed by atoms with Gasteiger partial charge >= 0.3 is 0 Å². The zero-order valence-corrected chi connectivity index (χ0v) is 10.7. The molecule has 0 saturated heterocycles. The summed E-state index contributed by atoms with van der Waals surface area (Å²) in [6.45, 7) is 5.93. The maximum Gasteiger partial charge on any atom is 0.262 e. The fourth-order valence-electron chi connectivity index (χ4n) is 0.969. The summed E-state index contributed by atoms with van der Waals surface area (Å²) < 4.78 is 0. The number of hydrazone groups is 1. The van der Waals surface area contributed by atoms with Crippen molar-refractivity contribution in [1.82, 2.24) is 10.7 Å². The molecule has 17 heavy (non-hydrogen) atoms. The van der Waals surface area contributed by atoms with Crippen LogP contribution in [-0.4, -0.2) is 36.2 Å². The number of hydrogen-bond acceptors (Lipinski definition) is 6. The minimum Gasteiger partial charge on any atom is -0.344 e. The molecule has 0 rings (SSSR count). The smallest absolute Gasteiger partial charge is 0.262 e. The molecule has 2 amide bonds. The Labute approximate surface area is 105 Å². The second kappa shape index (κ2) is 8.57. The number of carbonyl (C=O) groups is 2. The van der Waals surface area contributed by atoms with E-state index in [1.165, 1.54) is 13.8 Å². The van der Waals surface area contributed by atoms with Gasteiger partial charge in [0, 0.05) is 20.6 Å². The summed E-state index contributed by atoms with van der Waals surface area (Å²) in [7, 11) is 0. The highest BCUT2D eigenvalue weighted by Crippen LogP contribution is 1.95. The summed E-state index contributed by atoms with van der Waals surface area (Å²) in [6, 6.07) is -0.668. The van der Waals surface area contributed by atoms with E-state index in [1.807, 2.05) is 0 Å². The first kappa shape index (κ1) is 15.4. The largest absolute Gasteiger partial charge is 0.344 e. The van der Waals surface area contributed by atoms with Crippen LogP contribution in [0.5, 0.6) is 0 Å². The second-order valence-corrected chi connectivity index (χ2v) is 3.54. The van der Waals surface area contributed by atoms with Gasteiger partial charge in [-0.3, -0.25) is 9.59 Å². The van der Waals surface area contributed by atoms with Crippen molar-refractivity contribution >= 4 is 37.1 Å². The Balaban J connectivity index is 4.36. The maximum atomic E-state index is 11.6. The minimum absolute atomic E-state index is 0.140. The SMILES string of the molecule is C=NO/C(C)=N\NC(=O)C(CCS)NC(C)=O. The molecule has 0 heterocycles. The van der Waals surface area contributed by atoms with E-state index in [-0.39, 0.29) is 11.8 Å². The molecular weight excluding hydrogens is 244 g/mol. The molecule has 0 fully saturated rings. The van der Waals surface area contributed by atoms with Gasteiger partial charge < -0.3 is 10.2 Å². The fraction of sp³-hybridized carbons (Fsp3) is 0.556. The average Bonchev–Trinajstić information content (AvgIpc) is 2.25. The summed E-state index contributed by atoms with van der Waals surface area (Å²) in [5, 5.41) is 9.23. The van der Waals surface area contributed by atoms with Crippen molar-refractivity contribution in [3.8, 4) is 0 Å². The number of oxime groups is 1. The van der Waals surface area contributed by atoms with Crippen LogP contribution in [0, 0.1) is 0 Å². The summed E-state index contributed by atoms with van der Waals surface area (Å²) >= 11 is 4.00. The third-order valence-electron chi connectivity index (χ3n) is 1.63. The van der Waals surface area contributed by atoms with Crippen molar-refractivity contribution in [3.63, 3.8) is 0 Å². The number of thiol groups is 1. The molecule has 8 heteroatoms. The molecule has 0 aromatic carbocycles. The highest BCUT2D eigenvalue weighted by atomic mass is 32.1. The van der Waals surface area contributed by atoms with Gasteiger partial charge in [-0.25, -0.2) is 5.43 Å². The van der Waals surface area contributed by atoms with Crippen LogP contribution in [-0.2, 0) is 14.4 Å². The molecule has 0 aromatic heterocycles. The third kappa shape index (κ3) is 7.34. The first-order chi connectivity index (χ1) is 8.01. The van der Waals surface area contributed by atoms with E-state index in [0.717, 1.165) is 0 Å². The third-order valence-corrected chi connectivity index (χ3v) is 1.89. The number of nitrogens with zero attached hydrogens (tertiary/aromatic N) is 2. The molecule has 0 aliphatic heterocycles. The monoisotopic (exact) mass is 260 g/mol. The van der Waals surface area contributed by atoms with E-state index >= 15 is 0 Å². The summed E-state index contributed by atoms with van der Waals surface area (Å²) in [6.07, 6.45) is 0.406. The van der Waals surface area contributed by atoms with Gasteiger partial charge in [-0.15, -0.1) is 5.10 Å². The molecule has 2 N–H and O–H groups in total. The van der Waals surface area contributed by atoms with Crippen molar-refractivity contribution in [3.05, 3.63) is 0 Å². The molecule has 0 bridgehead atoms. The fourth-order valence-corrected chi connectivity index (χ4v) is 1.23. The second-order valence-electron chi connectivity index (χ2n) is 3.09. The van der Waals surface area contributed by atoms with Gasteiger partial charge in [-0.05, 0) is 12.2 Å². The van der Waals surface area contributed by atoms with Gasteiger partial charge in [0.15, 0.2) is 0 Å². The Morgan fingerprint density at radius 1 is 1.47 bits per heavy atom. The Morgan fingerprint density at radius 2 is 2.12 bits per heavy atom. The van der Waals surface area contributed by atoms with Crippen LogP contribution in [0.25, 0.3) is 0 Å². The standard InChI is InChI=1S/C9H16N4O3S/c1-6(14)11-8(4-5-17)9(15)13-12-7(2)16-10-3/h8,17H,3-5H2,1-2H3,(H,11,14)(H,13,15)/b12-7-. The molecule has 0 radical (unpaired) electrons. The van der Waals surface area contributed by atoms with E-state index in [2.05, 4.69) is 45.2 Å². The van der Waals surface area contributed by atoms with Crippen LogP contribution < -0.4 is 10.7 Å². The van der Waals surface area contributed by atoms with Crippen LogP contribution in [0.1, 0.15) is 20.3 Å². The van der Waals surface area contributed by atoms with E-state index in [1.54, 1.807) is 0 Å². The van der Waals surface area contributed by atoms with Crippen molar-refractivity contribution in [1.29, 1.82) is 0 Å². The lowest BCUT2D eigenvalue weighted by molar-refractivity contribution is -0.128. The Hall–Kier alpha value is -1.57. The van der Waals surface area contributed by atoms with Crippen LogP contribution >= 0.6 is 12.6 Å². The van der Waals surface area contributed by atoms with E-state index in [0.29, 0.717) is 12.2 Å². The molecule has 0 spiro atoms. The van der Waals surface area contributed by atoms with Crippen LogP contribution in [0.15, 0.2) is 10.3 Å². The quantitative estimate of drug-likeness (QED) is 0.269. The van der Waals surface area contributed by atoms with Crippen LogP contribution in [0.4, 0.5) is 0 Å². The lowest BCUT2D eigenvalue weighted by atomic mass is 10.2. The minimum atomic E-state index is -0.668. The number of amides is 2. The van der Waals surface area contributed by atoms with Crippen molar-refractivity contribution in [2.75, 3.05) is 5.75 Å². The topological polar surface area (TPSA) is 92.2 Å². The van der Waals surface area contributed by atoms with Crippen molar-refractivity contribution < 1.29 is 14.4 Å². The lowest BCUT2D eigenvalue weighted by Crippen LogP contribution is -2.45. The molecule has 1 unspecified atom stereocenters. The summed E-state index contributed by atoms with van der Waals surface area (Å²) in [5.74, 6) is -0.134.